The van der Waals surface area contributed by atoms with Crippen LogP contribution in [0.25, 0.3) is 10.9 Å². The van der Waals surface area contributed by atoms with Crippen LogP contribution in [-0.4, -0.2) is 47.2 Å². The number of hydrogen-bond acceptors (Lipinski definition) is 5. The summed E-state index contributed by atoms with van der Waals surface area (Å²) in [6.45, 7) is 1.24. The first kappa shape index (κ1) is 18.9. The van der Waals surface area contributed by atoms with Crippen LogP contribution in [0, 0.1) is 5.92 Å². The van der Waals surface area contributed by atoms with Crippen LogP contribution in [0.2, 0.25) is 0 Å². The molecule has 1 aromatic carbocycles. The lowest BCUT2D eigenvalue weighted by Gasteiger charge is -2.24. The van der Waals surface area contributed by atoms with Gasteiger partial charge in [0, 0.05) is 32.6 Å². The number of para-hydroxylation sites is 1. The van der Waals surface area contributed by atoms with Crippen molar-refractivity contribution in [3.05, 3.63) is 53.3 Å². The minimum atomic E-state index is -0.463. The third-order valence-corrected chi connectivity index (χ3v) is 5.40. The Bertz CT molecular complexity index is 1090. The van der Waals surface area contributed by atoms with E-state index in [9.17, 15) is 9.59 Å². The number of carbonyl (C=O) groups excluding carboxylic acids is 2. The zero-order chi connectivity index (χ0) is 20.5. The third kappa shape index (κ3) is 3.65. The summed E-state index contributed by atoms with van der Waals surface area (Å²) in [7, 11) is 3.81. The molecule has 0 bridgehead atoms. The topological polar surface area (TPSA) is 106 Å². The van der Waals surface area contributed by atoms with Gasteiger partial charge in [-0.25, -0.2) is 4.98 Å². The van der Waals surface area contributed by atoms with E-state index in [1.165, 1.54) is 6.20 Å². The highest BCUT2D eigenvalue weighted by Gasteiger charge is 2.25. The van der Waals surface area contributed by atoms with E-state index in [2.05, 4.69) is 15.4 Å². The second kappa shape index (κ2) is 7.54. The van der Waals surface area contributed by atoms with Crippen LogP contribution < -0.4 is 16.0 Å². The average Bonchev–Trinajstić information content (AvgIpc) is 3.14. The van der Waals surface area contributed by atoms with Gasteiger partial charge in [-0.15, -0.1) is 0 Å². The number of aryl methyl sites for hydroxylation is 1. The first-order valence-corrected chi connectivity index (χ1v) is 9.64. The molecule has 1 aliphatic rings. The Hall–Kier alpha value is -3.42. The summed E-state index contributed by atoms with van der Waals surface area (Å²) in [4.78, 5) is 31.1. The summed E-state index contributed by atoms with van der Waals surface area (Å²) < 4.78 is 1.83. The van der Waals surface area contributed by atoms with E-state index in [0.29, 0.717) is 30.6 Å². The Balaban J connectivity index is 1.52. The van der Waals surface area contributed by atoms with E-state index in [1.54, 1.807) is 0 Å². The summed E-state index contributed by atoms with van der Waals surface area (Å²) in [5.74, 6) is 0.375. The molecule has 1 unspecified atom stereocenters. The van der Waals surface area contributed by atoms with E-state index in [0.717, 1.165) is 28.8 Å². The lowest BCUT2D eigenvalue weighted by atomic mass is 9.94. The molecular weight excluding hydrogens is 368 g/mol. The summed E-state index contributed by atoms with van der Waals surface area (Å²) in [5, 5.41) is 8.13. The molecule has 0 aliphatic carbocycles. The minimum Gasteiger partial charge on any atom is -0.365 e. The van der Waals surface area contributed by atoms with Crippen molar-refractivity contribution < 1.29 is 9.59 Å². The second-order valence-corrected chi connectivity index (χ2v) is 7.60. The van der Waals surface area contributed by atoms with Gasteiger partial charge in [-0.3, -0.25) is 14.3 Å². The SMILES string of the molecule is CN(C)c1cc(C(=O)NCC2CCn3ncc(C(N)=O)c3C2)c2ccccc2n1. The van der Waals surface area contributed by atoms with E-state index < -0.39 is 5.91 Å². The number of nitrogens with zero attached hydrogens (tertiary/aromatic N) is 4. The molecule has 3 aromatic rings. The largest absolute Gasteiger partial charge is 0.365 e. The first-order valence-electron chi connectivity index (χ1n) is 9.64. The van der Waals surface area contributed by atoms with Crippen molar-refractivity contribution in [2.75, 3.05) is 25.5 Å². The van der Waals surface area contributed by atoms with Crippen LogP contribution >= 0.6 is 0 Å². The lowest BCUT2D eigenvalue weighted by Crippen LogP contribution is -2.34. The predicted molar refractivity (Wildman–Crippen MR) is 111 cm³/mol. The number of aromatic nitrogens is 3. The zero-order valence-electron chi connectivity index (χ0n) is 16.6. The number of nitrogens with two attached hydrogens (primary N) is 1. The third-order valence-electron chi connectivity index (χ3n) is 5.40. The highest BCUT2D eigenvalue weighted by Crippen LogP contribution is 2.24. The van der Waals surface area contributed by atoms with Crippen LogP contribution in [0.5, 0.6) is 0 Å². The van der Waals surface area contributed by atoms with E-state index >= 15 is 0 Å². The second-order valence-electron chi connectivity index (χ2n) is 7.60. The molecule has 1 atom stereocenters. The fourth-order valence-electron chi connectivity index (χ4n) is 3.79. The van der Waals surface area contributed by atoms with Crippen LogP contribution in [-0.2, 0) is 13.0 Å². The number of benzene rings is 1. The van der Waals surface area contributed by atoms with Gasteiger partial charge < -0.3 is 16.0 Å². The van der Waals surface area contributed by atoms with Gasteiger partial charge in [0.1, 0.15) is 5.82 Å². The van der Waals surface area contributed by atoms with Crippen molar-refractivity contribution in [3.63, 3.8) is 0 Å². The molecule has 8 heteroatoms. The monoisotopic (exact) mass is 392 g/mol. The molecule has 1 aliphatic heterocycles. The molecule has 8 nitrogen and oxygen atoms in total. The molecule has 29 heavy (non-hydrogen) atoms. The Labute approximate surface area is 168 Å². The molecule has 0 radical (unpaired) electrons. The normalized spacial score (nSPS) is 15.7. The highest BCUT2D eigenvalue weighted by molar-refractivity contribution is 6.07. The number of pyridine rings is 1. The maximum Gasteiger partial charge on any atom is 0.252 e. The fourth-order valence-corrected chi connectivity index (χ4v) is 3.79. The molecule has 3 N–H and O–H groups in total. The van der Waals surface area contributed by atoms with Gasteiger partial charge in [0.25, 0.3) is 11.8 Å². The smallest absolute Gasteiger partial charge is 0.252 e. The number of nitrogens with one attached hydrogen (secondary N) is 1. The van der Waals surface area contributed by atoms with Crippen molar-refractivity contribution in [2.45, 2.75) is 19.4 Å². The number of primary amides is 1. The summed E-state index contributed by atoms with van der Waals surface area (Å²) in [5.41, 5.74) is 8.17. The van der Waals surface area contributed by atoms with E-state index in [-0.39, 0.29) is 11.8 Å². The van der Waals surface area contributed by atoms with Gasteiger partial charge in [0.05, 0.1) is 28.5 Å². The molecule has 2 aromatic heterocycles. The summed E-state index contributed by atoms with van der Waals surface area (Å²) in [6.07, 6.45) is 3.08. The maximum atomic E-state index is 13.0. The van der Waals surface area contributed by atoms with Crippen molar-refractivity contribution in [1.29, 1.82) is 0 Å². The van der Waals surface area contributed by atoms with Crippen LogP contribution in [0.4, 0.5) is 5.82 Å². The maximum absolute atomic E-state index is 13.0. The van der Waals surface area contributed by atoms with Crippen molar-refractivity contribution in [3.8, 4) is 0 Å². The minimum absolute atomic E-state index is 0.124. The molecule has 0 fully saturated rings. The van der Waals surface area contributed by atoms with Gasteiger partial charge in [0.2, 0.25) is 0 Å². The van der Waals surface area contributed by atoms with E-state index in [4.69, 9.17) is 5.73 Å². The molecule has 0 saturated carbocycles. The number of anilines is 1. The van der Waals surface area contributed by atoms with Crippen molar-refractivity contribution in [2.24, 2.45) is 11.7 Å². The molecule has 0 saturated heterocycles. The molecular formula is C21H24N6O2. The molecule has 3 heterocycles. The van der Waals surface area contributed by atoms with Crippen LogP contribution in [0.1, 0.15) is 32.8 Å². The average molecular weight is 392 g/mol. The Morgan fingerprint density at radius 3 is 2.83 bits per heavy atom. The molecule has 2 amide bonds. The lowest BCUT2D eigenvalue weighted by molar-refractivity contribution is 0.0943. The number of carbonyl (C=O) groups is 2. The number of hydrogen-bond donors (Lipinski definition) is 2. The predicted octanol–water partition coefficient (Wildman–Crippen LogP) is 1.59. The molecule has 0 spiro atoms. The Kier molecular flexibility index (Phi) is 4.92. The number of fused-ring (bicyclic) bond motifs is 2. The van der Waals surface area contributed by atoms with Crippen LogP contribution in [0.3, 0.4) is 0 Å². The van der Waals surface area contributed by atoms with Gasteiger partial charge in [-0.05, 0) is 30.9 Å². The zero-order valence-corrected chi connectivity index (χ0v) is 16.6. The quantitative estimate of drug-likeness (QED) is 0.686. The Morgan fingerprint density at radius 1 is 1.28 bits per heavy atom. The number of rotatable bonds is 5. The summed E-state index contributed by atoms with van der Waals surface area (Å²) in [6, 6.07) is 9.46. The number of amides is 2. The van der Waals surface area contributed by atoms with Gasteiger partial charge in [0.15, 0.2) is 0 Å². The van der Waals surface area contributed by atoms with Crippen LogP contribution in [0.15, 0.2) is 36.5 Å². The Morgan fingerprint density at radius 2 is 2.07 bits per heavy atom. The summed E-state index contributed by atoms with van der Waals surface area (Å²) >= 11 is 0. The molecule has 4 rings (SSSR count). The van der Waals surface area contributed by atoms with E-state index in [1.807, 2.05) is 54.0 Å². The highest BCUT2D eigenvalue weighted by atomic mass is 16.2. The fraction of sp³-hybridized carbons (Fsp3) is 0.333. The standard InChI is InChI=1S/C21H24N6O2/c1-26(2)19-10-15(14-5-3-4-6-17(14)25-19)21(29)23-11-13-7-8-27-18(9-13)16(12-24-27)20(22)28/h3-6,10,12-13H,7-9,11H2,1-2H3,(H2,22,28)(H,23,29). The van der Waals surface area contributed by atoms with Gasteiger partial charge >= 0.3 is 0 Å². The van der Waals surface area contributed by atoms with Gasteiger partial charge in [-0.1, -0.05) is 18.2 Å². The van der Waals surface area contributed by atoms with Crippen molar-refractivity contribution in [1.82, 2.24) is 20.1 Å². The van der Waals surface area contributed by atoms with Crippen molar-refractivity contribution >= 4 is 28.5 Å². The van der Waals surface area contributed by atoms with Gasteiger partial charge in [-0.2, -0.15) is 5.10 Å². The molecule has 150 valence electrons. The first-order chi connectivity index (χ1) is 13.9.